The molecule has 0 unspecified atom stereocenters. The van der Waals surface area contributed by atoms with Gasteiger partial charge >= 0.3 is 5.97 Å². The average Bonchev–Trinajstić information content (AvgIpc) is 2.90. The van der Waals surface area contributed by atoms with Gasteiger partial charge in [0.15, 0.2) is 18.1 Å². The molecule has 0 N–H and O–H groups in total. The molecule has 0 aliphatic heterocycles. The summed E-state index contributed by atoms with van der Waals surface area (Å²) in [4.78, 5) is 30.6. The largest absolute Gasteiger partial charge is 0.493 e. The number of aromatic nitrogens is 1. The zero-order valence-corrected chi connectivity index (χ0v) is 20.9. The maximum absolute atomic E-state index is 13.1. The van der Waals surface area contributed by atoms with Crippen LogP contribution in [0.25, 0.3) is 22.2 Å². The first-order valence-corrected chi connectivity index (χ1v) is 11.4. The Labute approximate surface area is 210 Å². The topological polar surface area (TPSA) is 84.0 Å². The molecule has 7 nitrogen and oxygen atoms in total. The lowest BCUT2D eigenvalue weighted by molar-refractivity contribution is 0.0476. The van der Waals surface area contributed by atoms with E-state index in [0.717, 1.165) is 10.0 Å². The van der Waals surface area contributed by atoms with Crippen LogP contribution in [0.15, 0.2) is 71.2 Å². The molecule has 0 spiro atoms. The SMILES string of the molecule is COc1cc(C(=O)COC(=O)c2cc(-c3ccc(Br)cc3)nc3ccccc23)cc(OC)c1OC. The maximum Gasteiger partial charge on any atom is 0.339 e. The fraction of sp³-hybridized carbons (Fsp3) is 0.148. The van der Waals surface area contributed by atoms with E-state index >= 15 is 0 Å². The Kier molecular flexibility index (Phi) is 7.31. The molecule has 0 saturated heterocycles. The third-order valence-corrected chi connectivity index (χ3v) is 5.93. The predicted molar refractivity (Wildman–Crippen MR) is 136 cm³/mol. The average molecular weight is 536 g/mol. The van der Waals surface area contributed by atoms with Crippen molar-refractivity contribution >= 4 is 38.6 Å². The van der Waals surface area contributed by atoms with Crippen molar-refractivity contribution in [2.75, 3.05) is 27.9 Å². The van der Waals surface area contributed by atoms with Crippen LogP contribution in [0.2, 0.25) is 0 Å². The van der Waals surface area contributed by atoms with Gasteiger partial charge in [-0.1, -0.05) is 46.3 Å². The molecule has 4 rings (SSSR count). The summed E-state index contributed by atoms with van der Waals surface area (Å²) in [7, 11) is 4.40. The van der Waals surface area contributed by atoms with Crippen LogP contribution in [-0.4, -0.2) is 44.7 Å². The number of carbonyl (C=O) groups is 2. The maximum atomic E-state index is 13.1. The molecule has 35 heavy (non-hydrogen) atoms. The number of rotatable bonds is 8. The van der Waals surface area contributed by atoms with Gasteiger partial charge < -0.3 is 18.9 Å². The number of nitrogens with zero attached hydrogens (tertiary/aromatic N) is 1. The van der Waals surface area contributed by atoms with Crippen LogP contribution in [0.3, 0.4) is 0 Å². The van der Waals surface area contributed by atoms with E-state index in [1.165, 1.54) is 33.5 Å². The summed E-state index contributed by atoms with van der Waals surface area (Å²) in [5, 5.41) is 0.638. The molecule has 0 radical (unpaired) electrons. The van der Waals surface area contributed by atoms with Crippen LogP contribution >= 0.6 is 15.9 Å². The lowest BCUT2D eigenvalue weighted by atomic mass is 10.0. The van der Waals surface area contributed by atoms with Gasteiger partial charge in [-0.2, -0.15) is 0 Å². The molecule has 0 aliphatic carbocycles. The number of methoxy groups -OCH3 is 3. The van der Waals surface area contributed by atoms with Crippen molar-refractivity contribution in [2.45, 2.75) is 0 Å². The van der Waals surface area contributed by atoms with E-state index in [9.17, 15) is 9.59 Å². The fourth-order valence-electron chi connectivity index (χ4n) is 3.65. The summed E-state index contributed by atoms with van der Waals surface area (Å²) in [6, 6.07) is 19.6. The van der Waals surface area contributed by atoms with Crippen molar-refractivity contribution < 1.29 is 28.5 Å². The number of fused-ring (bicyclic) bond motifs is 1. The molecule has 1 aromatic heterocycles. The minimum atomic E-state index is -0.622. The molecule has 1 heterocycles. The van der Waals surface area contributed by atoms with Crippen molar-refractivity contribution in [1.82, 2.24) is 4.98 Å². The van der Waals surface area contributed by atoms with E-state index in [1.807, 2.05) is 42.5 Å². The van der Waals surface area contributed by atoms with Gasteiger partial charge in [-0.3, -0.25) is 4.79 Å². The summed E-state index contributed by atoms with van der Waals surface area (Å²) < 4.78 is 22.3. The monoisotopic (exact) mass is 535 g/mol. The Morgan fingerprint density at radius 3 is 2.14 bits per heavy atom. The molecular formula is C27H22BrNO6. The van der Waals surface area contributed by atoms with E-state index in [-0.39, 0.29) is 5.56 Å². The van der Waals surface area contributed by atoms with Crippen molar-refractivity contribution in [3.05, 3.63) is 82.3 Å². The number of esters is 1. The van der Waals surface area contributed by atoms with Crippen LogP contribution in [-0.2, 0) is 4.74 Å². The number of pyridine rings is 1. The molecule has 0 amide bonds. The number of hydrogen-bond acceptors (Lipinski definition) is 7. The van der Waals surface area contributed by atoms with Gasteiger partial charge in [-0.15, -0.1) is 0 Å². The van der Waals surface area contributed by atoms with E-state index < -0.39 is 18.4 Å². The highest BCUT2D eigenvalue weighted by Crippen LogP contribution is 2.38. The first-order valence-electron chi connectivity index (χ1n) is 10.6. The standard InChI is InChI=1S/C27H22BrNO6/c1-32-24-12-17(13-25(33-2)26(24)34-3)23(30)15-35-27(31)20-14-22(16-8-10-18(28)11-9-16)29-21-7-5-4-6-19(20)21/h4-14H,15H2,1-3H3. The highest BCUT2D eigenvalue weighted by atomic mass is 79.9. The third kappa shape index (κ3) is 5.12. The summed E-state index contributed by atoms with van der Waals surface area (Å²) in [6.45, 7) is -0.457. The van der Waals surface area contributed by atoms with Crippen molar-refractivity contribution in [2.24, 2.45) is 0 Å². The van der Waals surface area contributed by atoms with E-state index in [2.05, 4.69) is 20.9 Å². The quantitative estimate of drug-likeness (QED) is 0.210. The Morgan fingerprint density at radius 2 is 1.51 bits per heavy atom. The molecule has 4 aromatic rings. The first-order chi connectivity index (χ1) is 16.9. The van der Waals surface area contributed by atoms with Gasteiger partial charge in [0.2, 0.25) is 11.5 Å². The van der Waals surface area contributed by atoms with Crippen LogP contribution in [0.4, 0.5) is 0 Å². The number of ketones is 1. The smallest absolute Gasteiger partial charge is 0.339 e. The molecule has 0 saturated carbocycles. The van der Waals surface area contributed by atoms with Gasteiger partial charge in [0.05, 0.1) is 38.1 Å². The summed E-state index contributed by atoms with van der Waals surface area (Å²) in [5.74, 6) is 0.000658. The molecule has 0 fully saturated rings. The van der Waals surface area contributed by atoms with E-state index in [4.69, 9.17) is 18.9 Å². The highest BCUT2D eigenvalue weighted by molar-refractivity contribution is 9.10. The van der Waals surface area contributed by atoms with Crippen molar-refractivity contribution in [3.8, 4) is 28.5 Å². The van der Waals surface area contributed by atoms with Crippen molar-refractivity contribution in [3.63, 3.8) is 0 Å². The van der Waals surface area contributed by atoms with Gasteiger partial charge in [-0.05, 0) is 36.4 Å². The normalized spacial score (nSPS) is 10.6. The minimum Gasteiger partial charge on any atom is -0.493 e. The number of para-hydroxylation sites is 1. The lowest BCUT2D eigenvalue weighted by Crippen LogP contribution is -2.15. The van der Waals surface area contributed by atoms with Crippen LogP contribution in [0.5, 0.6) is 17.2 Å². The number of halogens is 1. The lowest BCUT2D eigenvalue weighted by Gasteiger charge is -2.14. The number of benzene rings is 3. The Hall–Kier alpha value is -3.91. The molecule has 0 atom stereocenters. The number of Topliss-reactive ketones (excluding diaryl/α,β-unsaturated/α-hetero) is 1. The summed E-state index contributed by atoms with van der Waals surface area (Å²) >= 11 is 3.43. The summed E-state index contributed by atoms with van der Waals surface area (Å²) in [5.41, 5.74) is 2.71. The predicted octanol–water partition coefficient (Wildman–Crippen LogP) is 5.73. The second-order valence-electron chi connectivity index (χ2n) is 7.49. The Balaban J connectivity index is 1.62. The Morgan fingerprint density at radius 1 is 0.857 bits per heavy atom. The van der Waals surface area contributed by atoms with Gasteiger partial charge in [0.1, 0.15) is 0 Å². The van der Waals surface area contributed by atoms with Gasteiger partial charge in [0, 0.05) is 21.0 Å². The Bertz CT molecular complexity index is 1380. The molecular weight excluding hydrogens is 514 g/mol. The highest BCUT2D eigenvalue weighted by Gasteiger charge is 2.20. The zero-order chi connectivity index (χ0) is 24.9. The number of carbonyl (C=O) groups excluding carboxylic acids is 2. The zero-order valence-electron chi connectivity index (χ0n) is 19.3. The molecule has 8 heteroatoms. The minimum absolute atomic E-state index is 0.266. The van der Waals surface area contributed by atoms with E-state index in [0.29, 0.717) is 39.4 Å². The van der Waals surface area contributed by atoms with Gasteiger partial charge in [0.25, 0.3) is 0 Å². The second-order valence-corrected chi connectivity index (χ2v) is 8.41. The van der Waals surface area contributed by atoms with Crippen LogP contribution < -0.4 is 14.2 Å². The third-order valence-electron chi connectivity index (χ3n) is 5.40. The van der Waals surface area contributed by atoms with E-state index in [1.54, 1.807) is 12.1 Å². The van der Waals surface area contributed by atoms with Crippen LogP contribution in [0, 0.1) is 0 Å². The van der Waals surface area contributed by atoms with Gasteiger partial charge in [-0.25, -0.2) is 9.78 Å². The summed E-state index contributed by atoms with van der Waals surface area (Å²) in [6.07, 6.45) is 0. The van der Waals surface area contributed by atoms with Crippen molar-refractivity contribution in [1.29, 1.82) is 0 Å². The molecule has 0 aliphatic rings. The fourth-order valence-corrected chi connectivity index (χ4v) is 3.91. The number of hydrogen-bond donors (Lipinski definition) is 0. The molecule has 0 bridgehead atoms. The second kappa shape index (κ2) is 10.6. The molecule has 178 valence electrons. The molecule has 3 aromatic carbocycles. The number of ether oxygens (including phenoxy) is 4. The van der Waals surface area contributed by atoms with Crippen LogP contribution in [0.1, 0.15) is 20.7 Å². The first kappa shape index (κ1) is 24.2.